The lowest BCUT2D eigenvalue weighted by atomic mass is 10.00. The van der Waals surface area contributed by atoms with E-state index >= 15 is 0 Å². The summed E-state index contributed by atoms with van der Waals surface area (Å²) < 4.78 is 52.2. The van der Waals surface area contributed by atoms with E-state index in [1.807, 2.05) is 49.2 Å². The fourth-order valence-electron chi connectivity index (χ4n) is 2.55. The third kappa shape index (κ3) is 4.10. The summed E-state index contributed by atoms with van der Waals surface area (Å²) in [7, 11) is 1.82. The van der Waals surface area contributed by atoms with Crippen molar-refractivity contribution >= 4 is 0 Å². The molecule has 0 N–H and O–H groups in total. The highest BCUT2D eigenvalue weighted by molar-refractivity contribution is 5.29. The summed E-state index contributed by atoms with van der Waals surface area (Å²) in [5.74, 6) is -0.873. The fraction of sp³-hybridized carbons (Fsp3) is 0.333. The van der Waals surface area contributed by atoms with Crippen LogP contribution in [0.4, 0.5) is 17.6 Å². The van der Waals surface area contributed by atoms with Gasteiger partial charge in [0.05, 0.1) is 5.56 Å². The molecular weight excluding hydrogens is 306 g/mol. The molecular formula is C18H19F4N. The van der Waals surface area contributed by atoms with Crippen molar-refractivity contribution in [3.05, 3.63) is 71.0 Å². The maximum absolute atomic E-state index is 13.6. The lowest BCUT2D eigenvalue weighted by Gasteiger charge is -2.31. The van der Waals surface area contributed by atoms with E-state index in [9.17, 15) is 17.6 Å². The van der Waals surface area contributed by atoms with E-state index in [0.29, 0.717) is 11.6 Å². The molecule has 2 rings (SSSR count). The first-order valence-corrected chi connectivity index (χ1v) is 7.34. The van der Waals surface area contributed by atoms with E-state index in [2.05, 4.69) is 0 Å². The number of alkyl halides is 3. The van der Waals surface area contributed by atoms with Gasteiger partial charge in [0.15, 0.2) is 0 Å². The summed E-state index contributed by atoms with van der Waals surface area (Å²) in [6, 6.07) is 12.0. The molecule has 0 aliphatic heterocycles. The first-order chi connectivity index (χ1) is 10.7. The second-order valence-electron chi connectivity index (χ2n) is 5.70. The number of hydrogen-bond acceptors (Lipinski definition) is 1. The lowest BCUT2D eigenvalue weighted by molar-refractivity contribution is -0.137. The summed E-state index contributed by atoms with van der Waals surface area (Å²) in [5.41, 5.74) is 0.400. The van der Waals surface area contributed by atoms with Crippen LogP contribution in [0.3, 0.4) is 0 Å². The molecule has 0 unspecified atom stereocenters. The highest BCUT2D eigenvalue weighted by atomic mass is 19.4. The van der Waals surface area contributed by atoms with Gasteiger partial charge in [-0.3, -0.25) is 4.90 Å². The molecule has 0 aliphatic carbocycles. The van der Waals surface area contributed by atoms with Crippen LogP contribution in [0.2, 0.25) is 0 Å². The summed E-state index contributed by atoms with van der Waals surface area (Å²) in [6.07, 6.45) is -4.56. The average Bonchev–Trinajstić information content (AvgIpc) is 2.52. The van der Waals surface area contributed by atoms with Crippen molar-refractivity contribution in [2.45, 2.75) is 32.1 Å². The monoisotopic (exact) mass is 325 g/mol. The van der Waals surface area contributed by atoms with Gasteiger partial charge in [-0.05, 0) is 50.2 Å². The van der Waals surface area contributed by atoms with Gasteiger partial charge in [-0.2, -0.15) is 13.2 Å². The molecule has 2 aromatic carbocycles. The van der Waals surface area contributed by atoms with E-state index in [1.165, 1.54) is 0 Å². The number of rotatable bonds is 4. The normalized spacial score (nSPS) is 14.8. The molecule has 0 aromatic heterocycles. The molecule has 0 radical (unpaired) electrons. The predicted molar refractivity (Wildman–Crippen MR) is 82.4 cm³/mol. The second kappa shape index (κ2) is 6.71. The van der Waals surface area contributed by atoms with Gasteiger partial charge in [0, 0.05) is 12.1 Å². The second-order valence-corrected chi connectivity index (χ2v) is 5.70. The molecule has 0 fully saturated rings. The van der Waals surface area contributed by atoms with Crippen LogP contribution >= 0.6 is 0 Å². The van der Waals surface area contributed by atoms with Crippen molar-refractivity contribution in [1.82, 2.24) is 4.90 Å². The van der Waals surface area contributed by atoms with Gasteiger partial charge >= 0.3 is 6.18 Å². The molecule has 5 heteroatoms. The van der Waals surface area contributed by atoms with Gasteiger partial charge in [0.1, 0.15) is 5.82 Å². The minimum absolute atomic E-state index is 0.0104. The molecule has 23 heavy (non-hydrogen) atoms. The maximum atomic E-state index is 13.6. The van der Waals surface area contributed by atoms with Crippen LogP contribution in [-0.2, 0) is 6.18 Å². The van der Waals surface area contributed by atoms with Crippen LogP contribution in [0, 0.1) is 5.82 Å². The Bertz CT molecular complexity index is 652. The van der Waals surface area contributed by atoms with Gasteiger partial charge in [0.25, 0.3) is 0 Å². The first-order valence-electron chi connectivity index (χ1n) is 7.34. The minimum atomic E-state index is -4.56. The van der Waals surface area contributed by atoms with Crippen LogP contribution in [-0.4, -0.2) is 11.9 Å². The zero-order valence-electron chi connectivity index (χ0n) is 13.2. The molecule has 0 heterocycles. The molecule has 0 saturated heterocycles. The first kappa shape index (κ1) is 17.5. The topological polar surface area (TPSA) is 3.24 Å². The zero-order chi connectivity index (χ0) is 17.2. The Hall–Kier alpha value is -1.88. The zero-order valence-corrected chi connectivity index (χ0v) is 13.2. The third-order valence-corrected chi connectivity index (χ3v) is 4.23. The summed E-state index contributed by atoms with van der Waals surface area (Å²) in [4.78, 5) is 1.92. The Balaban J connectivity index is 2.29. The lowest BCUT2D eigenvalue weighted by Crippen LogP contribution is -2.26. The molecule has 0 spiro atoms. The van der Waals surface area contributed by atoms with Crippen molar-refractivity contribution < 1.29 is 17.6 Å². The molecule has 2 atom stereocenters. The molecule has 1 nitrogen and oxygen atoms in total. The Morgan fingerprint density at radius 3 is 2.00 bits per heavy atom. The van der Waals surface area contributed by atoms with Gasteiger partial charge < -0.3 is 0 Å². The van der Waals surface area contributed by atoms with E-state index in [4.69, 9.17) is 0 Å². The van der Waals surface area contributed by atoms with Gasteiger partial charge in [-0.25, -0.2) is 4.39 Å². The van der Waals surface area contributed by atoms with Crippen molar-refractivity contribution in [2.24, 2.45) is 0 Å². The highest BCUT2D eigenvalue weighted by Crippen LogP contribution is 2.34. The number of benzene rings is 2. The number of hydrogen-bond donors (Lipinski definition) is 0. The van der Waals surface area contributed by atoms with Crippen molar-refractivity contribution in [3.8, 4) is 0 Å². The fourth-order valence-corrected chi connectivity index (χ4v) is 2.55. The third-order valence-electron chi connectivity index (χ3n) is 4.23. The van der Waals surface area contributed by atoms with Crippen LogP contribution in [0.15, 0.2) is 48.5 Å². The van der Waals surface area contributed by atoms with Gasteiger partial charge in [-0.1, -0.05) is 30.3 Å². The minimum Gasteiger partial charge on any atom is -0.293 e. The molecule has 124 valence electrons. The van der Waals surface area contributed by atoms with Crippen molar-refractivity contribution in [1.29, 1.82) is 0 Å². The molecule has 0 bridgehead atoms. The summed E-state index contributed by atoms with van der Waals surface area (Å²) in [5, 5.41) is 0. The Morgan fingerprint density at radius 2 is 1.43 bits per heavy atom. The van der Waals surface area contributed by atoms with Crippen LogP contribution in [0.25, 0.3) is 0 Å². The highest BCUT2D eigenvalue weighted by Gasteiger charge is 2.32. The average molecular weight is 325 g/mol. The van der Waals surface area contributed by atoms with Gasteiger partial charge in [0.2, 0.25) is 0 Å². The Morgan fingerprint density at radius 1 is 0.870 bits per heavy atom. The number of nitrogens with zero attached hydrogens (tertiary/aromatic N) is 1. The van der Waals surface area contributed by atoms with Crippen LogP contribution < -0.4 is 0 Å². The summed E-state index contributed by atoms with van der Waals surface area (Å²) >= 11 is 0. The van der Waals surface area contributed by atoms with Gasteiger partial charge in [-0.15, -0.1) is 0 Å². The smallest absolute Gasteiger partial charge is 0.293 e. The Labute approximate surface area is 133 Å². The van der Waals surface area contributed by atoms with Crippen LogP contribution in [0.1, 0.15) is 42.6 Å². The molecule has 0 amide bonds. The summed E-state index contributed by atoms with van der Waals surface area (Å²) in [6.45, 7) is 3.74. The van der Waals surface area contributed by atoms with Crippen molar-refractivity contribution in [2.75, 3.05) is 7.05 Å². The molecule has 0 aliphatic rings. The van der Waals surface area contributed by atoms with E-state index in [0.717, 1.165) is 17.7 Å². The predicted octanol–water partition coefficient (Wildman–Crippen LogP) is 5.60. The van der Waals surface area contributed by atoms with E-state index < -0.39 is 17.6 Å². The Kier molecular flexibility index (Phi) is 5.09. The quantitative estimate of drug-likeness (QED) is 0.662. The van der Waals surface area contributed by atoms with E-state index in [-0.39, 0.29) is 12.1 Å². The van der Waals surface area contributed by atoms with Crippen LogP contribution in [0.5, 0.6) is 0 Å². The van der Waals surface area contributed by atoms with E-state index in [1.54, 1.807) is 6.92 Å². The standard InChI is InChI=1S/C18H19F4N/c1-12(14-7-5-4-6-8-14)23(3)13(2)15-9-16(18(20,21)22)11-17(19)10-15/h4-13H,1-3H3/t12-,13+/m1/s1. The molecule has 2 aromatic rings. The number of halogens is 4. The largest absolute Gasteiger partial charge is 0.416 e. The maximum Gasteiger partial charge on any atom is 0.416 e. The molecule has 0 saturated carbocycles. The SMILES string of the molecule is C[C@H](c1ccccc1)N(C)[C@@H](C)c1cc(F)cc(C(F)(F)F)c1. The van der Waals surface area contributed by atoms with Crippen molar-refractivity contribution in [3.63, 3.8) is 0 Å².